The fraction of sp³-hybridized carbons (Fsp3) is 0.440. The molecule has 2 heterocycles. The van der Waals surface area contributed by atoms with E-state index in [2.05, 4.69) is 9.62 Å². The number of hydrogen-bond acceptors (Lipinski definition) is 5. The van der Waals surface area contributed by atoms with Crippen molar-refractivity contribution >= 4 is 44.8 Å². The van der Waals surface area contributed by atoms with E-state index in [0.29, 0.717) is 44.2 Å². The molecular weight excluding hydrogens is 488 g/mol. The number of hydrogen-bond donors (Lipinski definition) is 1. The molecule has 8 nitrogen and oxygen atoms in total. The fourth-order valence-electron chi connectivity index (χ4n) is 4.61. The smallest absolute Gasteiger partial charge is 0.241 e. The summed E-state index contributed by atoms with van der Waals surface area (Å²) >= 11 is 5.98. The van der Waals surface area contributed by atoms with Gasteiger partial charge in [-0.1, -0.05) is 25.4 Å². The summed E-state index contributed by atoms with van der Waals surface area (Å²) < 4.78 is 29.1. The number of halogens is 1. The van der Waals surface area contributed by atoms with Crippen LogP contribution in [-0.2, 0) is 26.0 Å². The van der Waals surface area contributed by atoms with Crippen LogP contribution < -0.4 is 14.5 Å². The van der Waals surface area contributed by atoms with Crippen LogP contribution in [-0.4, -0.2) is 63.9 Å². The van der Waals surface area contributed by atoms with Crippen LogP contribution >= 0.6 is 11.6 Å². The topological polar surface area (TPSA) is 90.0 Å². The number of sulfonamides is 1. The first-order chi connectivity index (χ1) is 16.6. The molecule has 2 aliphatic rings. The van der Waals surface area contributed by atoms with Gasteiger partial charge in [0.2, 0.25) is 21.8 Å². The van der Waals surface area contributed by atoms with E-state index in [1.165, 1.54) is 13.0 Å². The second-order valence-corrected chi connectivity index (χ2v) is 11.5. The van der Waals surface area contributed by atoms with Crippen molar-refractivity contribution in [3.05, 3.63) is 53.1 Å². The van der Waals surface area contributed by atoms with Crippen LogP contribution in [0.2, 0.25) is 5.02 Å². The van der Waals surface area contributed by atoms with Crippen molar-refractivity contribution in [3.63, 3.8) is 0 Å². The number of rotatable bonds is 6. The van der Waals surface area contributed by atoms with Crippen LogP contribution in [0, 0.1) is 5.92 Å². The van der Waals surface area contributed by atoms with E-state index in [-0.39, 0.29) is 22.6 Å². The zero-order valence-corrected chi connectivity index (χ0v) is 21.8. The molecule has 1 N–H and O–H groups in total. The van der Waals surface area contributed by atoms with Gasteiger partial charge in [-0.2, -0.15) is 4.72 Å². The Labute approximate surface area is 211 Å². The molecule has 0 bridgehead atoms. The molecule has 188 valence electrons. The molecule has 2 aromatic rings. The van der Waals surface area contributed by atoms with E-state index in [9.17, 15) is 18.0 Å². The lowest BCUT2D eigenvalue weighted by atomic mass is 10.0. The van der Waals surface area contributed by atoms with Crippen LogP contribution in [0.25, 0.3) is 0 Å². The first-order valence-electron chi connectivity index (χ1n) is 11.8. The molecule has 4 rings (SSSR count). The molecule has 1 saturated heterocycles. The summed E-state index contributed by atoms with van der Waals surface area (Å²) in [4.78, 5) is 30.8. The van der Waals surface area contributed by atoms with Gasteiger partial charge in [-0.25, -0.2) is 8.42 Å². The molecule has 35 heavy (non-hydrogen) atoms. The summed E-state index contributed by atoms with van der Waals surface area (Å²) in [5.74, 6) is -0.517. The molecule has 2 aromatic carbocycles. The monoisotopic (exact) mass is 518 g/mol. The maximum atomic E-state index is 13.4. The van der Waals surface area contributed by atoms with Gasteiger partial charge < -0.3 is 14.7 Å². The van der Waals surface area contributed by atoms with Gasteiger partial charge in [0.1, 0.15) is 6.04 Å². The summed E-state index contributed by atoms with van der Waals surface area (Å²) in [6, 6.07) is 11.5. The number of amides is 2. The SMILES string of the molecule is CC(=O)N1CCc2cc(S(=O)(=O)N[C@H](C(=O)N3CCN(c4ccc(Cl)cc4)CC3)C(C)C)ccc21. The van der Waals surface area contributed by atoms with Crippen molar-refractivity contribution in [2.45, 2.75) is 38.1 Å². The lowest BCUT2D eigenvalue weighted by Crippen LogP contribution is -2.56. The van der Waals surface area contributed by atoms with Crippen molar-refractivity contribution in [1.29, 1.82) is 0 Å². The lowest BCUT2D eigenvalue weighted by Gasteiger charge is -2.38. The molecule has 0 spiro atoms. The highest BCUT2D eigenvalue weighted by Crippen LogP contribution is 2.30. The number of nitrogens with one attached hydrogen (secondary N) is 1. The van der Waals surface area contributed by atoms with Crippen LogP contribution in [0.15, 0.2) is 47.4 Å². The normalized spacial score (nSPS) is 17.0. The van der Waals surface area contributed by atoms with Gasteiger partial charge in [-0.3, -0.25) is 9.59 Å². The molecule has 1 atom stereocenters. The molecule has 0 saturated carbocycles. The predicted molar refractivity (Wildman–Crippen MR) is 137 cm³/mol. The van der Waals surface area contributed by atoms with Crippen LogP contribution in [0.1, 0.15) is 26.3 Å². The molecular formula is C25H31ClN4O4S. The zero-order chi connectivity index (χ0) is 25.3. The van der Waals surface area contributed by atoms with Gasteiger partial charge in [0, 0.05) is 56.0 Å². The van der Waals surface area contributed by atoms with Crippen molar-refractivity contribution in [2.24, 2.45) is 5.92 Å². The number of benzene rings is 2. The number of piperazine rings is 1. The van der Waals surface area contributed by atoms with E-state index in [1.54, 1.807) is 21.9 Å². The Kier molecular flexibility index (Phi) is 7.40. The molecule has 0 aliphatic carbocycles. The molecule has 0 aromatic heterocycles. The lowest BCUT2D eigenvalue weighted by molar-refractivity contribution is -0.134. The third kappa shape index (κ3) is 5.47. The Morgan fingerprint density at radius 2 is 1.63 bits per heavy atom. The number of carbonyl (C=O) groups is 2. The highest BCUT2D eigenvalue weighted by Gasteiger charge is 2.34. The van der Waals surface area contributed by atoms with Gasteiger partial charge >= 0.3 is 0 Å². The summed E-state index contributed by atoms with van der Waals surface area (Å²) in [5, 5.41) is 0.675. The van der Waals surface area contributed by atoms with Gasteiger partial charge in [-0.05, 0) is 60.4 Å². The van der Waals surface area contributed by atoms with E-state index in [4.69, 9.17) is 11.6 Å². The van der Waals surface area contributed by atoms with Crippen LogP contribution in [0.5, 0.6) is 0 Å². The van der Waals surface area contributed by atoms with Gasteiger partial charge in [0.25, 0.3) is 0 Å². The van der Waals surface area contributed by atoms with Crippen LogP contribution in [0.4, 0.5) is 11.4 Å². The Morgan fingerprint density at radius 3 is 2.23 bits per heavy atom. The van der Waals surface area contributed by atoms with E-state index in [1.807, 2.05) is 38.1 Å². The summed E-state index contributed by atoms with van der Waals surface area (Å²) in [6.07, 6.45) is 0.600. The second kappa shape index (κ2) is 10.2. The highest BCUT2D eigenvalue weighted by molar-refractivity contribution is 7.89. The van der Waals surface area contributed by atoms with Crippen molar-refractivity contribution in [2.75, 3.05) is 42.5 Å². The first-order valence-corrected chi connectivity index (χ1v) is 13.7. The quantitative estimate of drug-likeness (QED) is 0.635. The minimum absolute atomic E-state index is 0.0703. The molecule has 0 unspecified atom stereocenters. The van der Waals surface area contributed by atoms with Gasteiger partial charge in [0.05, 0.1) is 4.90 Å². The third-order valence-corrected chi connectivity index (χ3v) is 8.33. The van der Waals surface area contributed by atoms with Gasteiger partial charge in [-0.15, -0.1) is 0 Å². The molecule has 10 heteroatoms. The molecule has 1 fully saturated rings. The zero-order valence-electron chi connectivity index (χ0n) is 20.2. The van der Waals surface area contributed by atoms with E-state index >= 15 is 0 Å². The van der Waals surface area contributed by atoms with Gasteiger partial charge in [0.15, 0.2) is 0 Å². The average Bonchev–Trinajstić information content (AvgIpc) is 3.26. The van der Waals surface area contributed by atoms with E-state index < -0.39 is 16.1 Å². The maximum Gasteiger partial charge on any atom is 0.241 e. The molecule has 2 amide bonds. The van der Waals surface area contributed by atoms with Crippen LogP contribution in [0.3, 0.4) is 0 Å². The Morgan fingerprint density at radius 1 is 0.971 bits per heavy atom. The Bertz CT molecular complexity index is 1210. The minimum atomic E-state index is -3.93. The number of nitrogens with zero attached hydrogens (tertiary/aromatic N) is 3. The number of anilines is 2. The van der Waals surface area contributed by atoms with Crippen molar-refractivity contribution in [3.8, 4) is 0 Å². The molecule has 2 aliphatic heterocycles. The fourth-order valence-corrected chi connectivity index (χ4v) is 6.13. The summed E-state index contributed by atoms with van der Waals surface area (Å²) in [7, 11) is -3.93. The highest BCUT2D eigenvalue weighted by atomic mass is 35.5. The summed E-state index contributed by atoms with van der Waals surface area (Å²) in [5.41, 5.74) is 2.60. The van der Waals surface area contributed by atoms with Crippen molar-refractivity contribution < 1.29 is 18.0 Å². The number of carbonyl (C=O) groups excluding carboxylic acids is 2. The minimum Gasteiger partial charge on any atom is -0.368 e. The number of fused-ring (bicyclic) bond motifs is 1. The largest absolute Gasteiger partial charge is 0.368 e. The third-order valence-electron chi connectivity index (χ3n) is 6.63. The first kappa shape index (κ1) is 25.5. The Hall–Kier alpha value is -2.62. The average molecular weight is 519 g/mol. The maximum absolute atomic E-state index is 13.4. The Balaban J connectivity index is 1.45. The standard InChI is InChI=1S/C25H31ClN4O4S/c1-17(2)24(25(32)29-14-12-28(13-15-29)21-6-4-20(26)5-7-21)27-35(33,34)22-8-9-23-19(16-22)10-11-30(23)18(3)31/h4-9,16-17,24,27H,10-15H2,1-3H3/t24-/m0/s1. The molecule has 0 radical (unpaired) electrons. The van der Waals surface area contributed by atoms with E-state index in [0.717, 1.165) is 16.9 Å². The summed E-state index contributed by atoms with van der Waals surface area (Å²) in [6.45, 7) is 8.03. The predicted octanol–water partition coefficient (Wildman–Crippen LogP) is 2.90. The second-order valence-electron chi connectivity index (χ2n) is 9.34. The van der Waals surface area contributed by atoms with Crippen molar-refractivity contribution in [1.82, 2.24) is 9.62 Å².